The summed E-state index contributed by atoms with van der Waals surface area (Å²) in [5.41, 5.74) is -1.34. The van der Waals surface area contributed by atoms with Gasteiger partial charge in [-0.05, 0) is 22.6 Å². The molecule has 0 aromatic carbocycles. The van der Waals surface area contributed by atoms with E-state index in [1.54, 1.807) is 0 Å². The molecule has 0 unspecified atom stereocenters. The molecule has 18 heavy (non-hydrogen) atoms. The van der Waals surface area contributed by atoms with E-state index in [0.717, 1.165) is 13.2 Å². The van der Waals surface area contributed by atoms with Crippen molar-refractivity contribution in [1.29, 1.82) is 0 Å². The summed E-state index contributed by atoms with van der Waals surface area (Å²) in [6.45, 7) is 0. The Labute approximate surface area is 114 Å². The van der Waals surface area contributed by atoms with E-state index >= 15 is 0 Å². The number of aromatic nitrogens is 1. The van der Waals surface area contributed by atoms with E-state index in [4.69, 9.17) is 0 Å². The van der Waals surface area contributed by atoms with Crippen LogP contribution in [0, 0.1) is 13.8 Å². The third-order valence-electron chi connectivity index (χ3n) is 2.03. The number of esters is 1. The predicted molar refractivity (Wildman–Crippen MR) is 64.3 cm³/mol. The minimum absolute atomic E-state index is 0.0768. The molecular formula is C9H7F2IN2O4. The summed E-state index contributed by atoms with van der Waals surface area (Å²) in [6.07, 6.45) is -3.30. The second kappa shape index (κ2) is 5.98. The first-order chi connectivity index (χ1) is 8.36. The number of alkyl halides is 2. The first-order valence-electron chi connectivity index (χ1n) is 4.55. The molecule has 0 spiro atoms. The van der Waals surface area contributed by atoms with Crippen molar-refractivity contribution in [2.24, 2.45) is 0 Å². The number of methoxy groups -OCH3 is 1. The van der Waals surface area contributed by atoms with Gasteiger partial charge in [0.05, 0.1) is 24.0 Å². The average molecular weight is 372 g/mol. The van der Waals surface area contributed by atoms with Gasteiger partial charge in [0.25, 0.3) is 12.1 Å². The Balaban J connectivity index is 3.29. The zero-order chi connectivity index (χ0) is 13.9. The molecule has 0 saturated heterocycles. The van der Waals surface area contributed by atoms with Crippen LogP contribution in [0.1, 0.15) is 17.7 Å². The minimum Gasteiger partial charge on any atom is -0.469 e. The lowest BCUT2D eigenvalue weighted by molar-refractivity contribution is -0.386. The Morgan fingerprint density at radius 3 is 2.72 bits per heavy atom. The number of halogens is 3. The molecule has 0 radical (unpaired) electrons. The highest BCUT2D eigenvalue weighted by Gasteiger charge is 2.24. The summed E-state index contributed by atoms with van der Waals surface area (Å²) in [7, 11) is 1.12. The number of hydrogen-bond acceptors (Lipinski definition) is 5. The van der Waals surface area contributed by atoms with Gasteiger partial charge in [0.2, 0.25) is 0 Å². The first kappa shape index (κ1) is 14.7. The quantitative estimate of drug-likeness (QED) is 0.266. The Morgan fingerprint density at radius 1 is 1.67 bits per heavy atom. The number of nitro groups is 1. The molecule has 0 aliphatic carbocycles. The van der Waals surface area contributed by atoms with Crippen LogP contribution in [-0.4, -0.2) is 23.0 Å². The van der Waals surface area contributed by atoms with Gasteiger partial charge in [-0.2, -0.15) is 0 Å². The Bertz CT molecular complexity index is 496. The maximum absolute atomic E-state index is 12.6. The van der Waals surface area contributed by atoms with Gasteiger partial charge in [0.15, 0.2) is 0 Å². The van der Waals surface area contributed by atoms with Gasteiger partial charge in [-0.1, -0.05) is 0 Å². The van der Waals surface area contributed by atoms with Crippen LogP contribution in [-0.2, 0) is 16.0 Å². The van der Waals surface area contributed by atoms with Gasteiger partial charge < -0.3 is 4.74 Å². The highest BCUT2D eigenvalue weighted by Crippen LogP contribution is 2.29. The van der Waals surface area contributed by atoms with Gasteiger partial charge in [0, 0.05) is 6.07 Å². The lowest BCUT2D eigenvalue weighted by atomic mass is 10.2. The van der Waals surface area contributed by atoms with Crippen molar-refractivity contribution in [2.45, 2.75) is 12.8 Å². The monoisotopic (exact) mass is 372 g/mol. The smallest absolute Gasteiger partial charge is 0.311 e. The van der Waals surface area contributed by atoms with Crippen molar-refractivity contribution in [3.05, 3.63) is 31.1 Å². The number of pyridine rings is 1. The van der Waals surface area contributed by atoms with Crippen LogP contribution >= 0.6 is 22.6 Å². The molecular weight excluding hydrogens is 365 g/mol. The molecule has 1 rings (SSSR count). The number of hydrogen-bond donors (Lipinski definition) is 0. The van der Waals surface area contributed by atoms with Gasteiger partial charge in [0.1, 0.15) is 9.39 Å². The number of carbonyl (C=O) groups is 1. The summed E-state index contributed by atoms with van der Waals surface area (Å²) < 4.78 is 29.4. The van der Waals surface area contributed by atoms with Crippen LogP contribution in [0.15, 0.2) is 6.07 Å². The van der Waals surface area contributed by atoms with Gasteiger partial charge in [-0.25, -0.2) is 13.8 Å². The number of nitrogens with zero attached hydrogens (tertiary/aromatic N) is 2. The van der Waals surface area contributed by atoms with E-state index in [-0.39, 0.29) is 9.39 Å². The zero-order valence-electron chi connectivity index (χ0n) is 9.02. The van der Waals surface area contributed by atoms with E-state index in [0.29, 0.717) is 0 Å². The predicted octanol–water partition coefficient (Wildman–Crippen LogP) is 2.25. The summed E-state index contributed by atoms with van der Waals surface area (Å²) >= 11 is 1.53. The Kier molecular flexibility index (Phi) is 4.87. The van der Waals surface area contributed by atoms with Crippen LogP contribution in [0.2, 0.25) is 0 Å². The van der Waals surface area contributed by atoms with E-state index in [1.165, 1.54) is 22.6 Å². The Morgan fingerprint density at radius 2 is 2.28 bits per heavy atom. The van der Waals surface area contributed by atoms with Crippen LogP contribution in [0.25, 0.3) is 0 Å². The fourth-order valence-electron chi connectivity index (χ4n) is 1.18. The van der Waals surface area contributed by atoms with E-state index < -0.39 is 35.0 Å². The molecule has 0 atom stereocenters. The highest BCUT2D eigenvalue weighted by atomic mass is 127. The topological polar surface area (TPSA) is 82.3 Å². The zero-order valence-corrected chi connectivity index (χ0v) is 11.2. The largest absolute Gasteiger partial charge is 0.469 e. The van der Waals surface area contributed by atoms with E-state index in [1.807, 2.05) is 0 Å². The minimum atomic E-state index is -2.87. The molecule has 98 valence electrons. The molecule has 1 heterocycles. The molecule has 0 saturated carbocycles. The van der Waals surface area contributed by atoms with Crippen molar-refractivity contribution in [3.63, 3.8) is 0 Å². The third-order valence-corrected chi connectivity index (χ3v) is 2.89. The van der Waals surface area contributed by atoms with Crippen LogP contribution in [0.5, 0.6) is 0 Å². The number of carbonyl (C=O) groups excluding carboxylic acids is 1. The molecule has 0 bridgehead atoms. The summed E-state index contributed by atoms with van der Waals surface area (Å²) in [6, 6.07) is 0.734. The Hall–Kier alpha value is -1.39. The van der Waals surface area contributed by atoms with Gasteiger partial charge in [-0.3, -0.25) is 14.9 Å². The van der Waals surface area contributed by atoms with Gasteiger partial charge in [-0.15, -0.1) is 0 Å². The fraction of sp³-hybridized carbons (Fsp3) is 0.333. The number of rotatable bonds is 4. The normalized spacial score (nSPS) is 10.5. The van der Waals surface area contributed by atoms with Crippen LogP contribution in [0.4, 0.5) is 14.5 Å². The SMILES string of the molecule is COC(=O)Cc1nc(I)c(C(F)F)cc1[N+](=O)[O-]. The molecule has 0 aliphatic rings. The molecule has 0 amide bonds. The second-order valence-electron chi connectivity index (χ2n) is 3.14. The van der Waals surface area contributed by atoms with Crippen molar-refractivity contribution in [1.82, 2.24) is 4.98 Å². The summed E-state index contributed by atoms with van der Waals surface area (Å²) in [4.78, 5) is 24.6. The van der Waals surface area contributed by atoms with E-state index in [2.05, 4.69) is 9.72 Å². The molecule has 0 N–H and O–H groups in total. The van der Waals surface area contributed by atoms with Crippen molar-refractivity contribution >= 4 is 34.2 Å². The van der Waals surface area contributed by atoms with Gasteiger partial charge >= 0.3 is 5.97 Å². The fourth-order valence-corrected chi connectivity index (χ4v) is 1.86. The van der Waals surface area contributed by atoms with Crippen LogP contribution in [0.3, 0.4) is 0 Å². The van der Waals surface area contributed by atoms with Crippen LogP contribution < -0.4 is 0 Å². The molecule has 0 fully saturated rings. The first-order valence-corrected chi connectivity index (χ1v) is 5.63. The highest BCUT2D eigenvalue weighted by molar-refractivity contribution is 14.1. The maximum atomic E-state index is 12.6. The third kappa shape index (κ3) is 3.31. The average Bonchev–Trinajstić information content (AvgIpc) is 2.27. The molecule has 0 aliphatic heterocycles. The van der Waals surface area contributed by atoms with E-state index in [9.17, 15) is 23.7 Å². The maximum Gasteiger partial charge on any atom is 0.311 e. The summed E-state index contributed by atoms with van der Waals surface area (Å²) in [5, 5.41) is 10.7. The second-order valence-corrected chi connectivity index (χ2v) is 4.17. The molecule has 6 nitrogen and oxygen atoms in total. The van der Waals surface area contributed by atoms with Crippen molar-refractivity contribution in [3.8, 4) is 0 Å². The molecule has 1 aromatic rings. The summed E-state index contributed by atoms with van der Waals surface area (Å²) in [5.74, 6) is -0.730. The molecule has 1 aromatic heterocycles. The standard InChI is InChI=1S/C9H7F2IN2O4/c1-18-7(15)3-5-6(14(16)17)2-4(8(10)11)9(12)13-5/h2,8H,3H2,1H3. The lowest BCUT2D eigenvalue weighted by Gasteiger charge is -2.06. The van der Waals surface area contributed by atoms with Crippen molar-refractivity contribution in [2.75, 3.05) is 7.11 Å². The number of ether oxygens (including phenoxy) is 1. The lowest BCUT2D eigenvalue weighted by Crippen LogP contribution is -2.11. The van der Waals surface area contributed by atoms with Crippen molar-refractivity contribution < 1.29 is 23.2 Å². The molecule has 9 heteroatoms.